The molecule has 7 nitrogen and oxygen atoms in total. The number of hydrogen-bond acceptors (Lipinski definition) is 3. The smallest absolute Gasteiger partial charge is 0.329 e. The zero-order valence-electron chi connectivity index (χ0n) is 10.8. The maximum atomic E-state index is 11.8. The van der Waals surface area contributed by atoms with Crippen LogP contribution in [0.2, 0.25) is 0 Å². The number of nitrogens with zero attached hydrogens (tertiary/aromatic N) is 1. The van der Waals surface area contributed by atoms with E-state index in [-0.39, 0.29) is 11.9 Å². The molecule has 3 amide bonds. The molecule has 1 fully saturated rings. The van der Waals surface area contributed by atoms with Crippen molar-refractivity contribution in [3.63, 3.8) is 0 Å². The summed E-state index contributed by atoms with van der Waals surface area (Å²) in [6.45, 7) is 3.21. The van der Waals surface area contributed by atoms with Gasteiger partial charge in [-0.1, -0.05) is 0 Å². The SMILES string of the molecule is CN(C(=O)NCC1CCC(=O)N1)C(C)(C)C(=O)O. The molecule has 0 bridgehead atoms. The van der Waals surface area contributed by atoms with Crippen LogP contribution in [0.3, 0.4) is 0 Å². The molecular weight excluding hydrogens is 238 g/mol. The maximum Gasteiger partial charge on any atom is 0.329 e. The quantitative estimate of drug-likeness (QED) is 0.647. The second kappa shape index (κ2) is 5.24. The summed E-state index contributed by atoms with van der Waals surface area (Å²) in [4.78, 5) is 34.9. The summed E-state index contributed by atoms with van der Waals surface area (Å²) in [6.07, 6.45) is 1.15. The van der Waals surface area contributed by atoms with Gasteiger partial charge in [0.1, 0.15) is 5.54 Å². The van der Waals surface area contributed by atoms with E-state index in [1.807, 2.05) is 0 Å². The van der Waals surface area contributed by atoms with E-state index in [1.165, 1.54) is 20.9 Å². The van der Waals surface area contributed by atoms with Crippen LogP contribution in [0.5, 0.6) is 0 Å². The zero-order valence-corrected chi connectivity index (χ0v) is 10.8. The lowest BCUT2D eigenvalue weighted by molar-refractivity contribution is -0.146. The Hall–Kier alpha value is -1.79. The lowest BCUT2D eigenvalue weighted by atomic mass is 10.1. The highest BCUT2D eigenvalue weighted by molar-refractivity contribution is 5.85. The number of rotatable bonds is 4. The number of aliphatic carboxylic acids is 1. The van der Waals surface area contributed by atoms with Crippen molar-refractivity contribution >= 4 is 17.9 Å². The largest absolute Gasteiger partial charge is 0.480 e. The summed E-state index contributed by atoms with van der Waals surface area (Å²) in [5.41, 5.74) is -1.27. The Bertz CT molecular complexity index is 367. The van der Waals surface area contributed by atoms with Gasteiger partial charge in [-0.2, -0.15) is 0 Å². The van der Waals surface area contributed by atoms with Crippen LogP contribution in [0.25, 0.3) is 0 Å². The molecule has 1 saturated heterocycles. The number of carbonyl (C=O) groups is 3. The molecule has 7 heteroatoms. The monoisotopic (exact) mass is 257 g/mol. The summed E-state index contributed by atoms with van der Waals surface area (Å²) in [5.74, 6) is -1.09. The van der Waals surface area contributed by atoms with Gasteiger partial charge < -0.3 is 20.6 Å². The third-order valence-electron chi connectivity index (χ3n) is 3.25. The number of carboxylic acid groups (broad SMARTS) is 1. The van der Waals surface area contributed by atoms with Gasteiger partial charge in [-0.15, -0.1) is 0 Å². The number of amides is 3. The molecule has 0 radical (unpaired) electrons. The first-order valence-electron chi connectivity index (χ1n) is 5.79. The highest BCUT2D eigenvalue weighted by atomic mass is 16.4. The third-order valence-corrected chi connectivity index (χ3v) is 3.25. The molecular formula is C11H19N3O4. The maximum absolute atomic E-state index is 11.8. The van der Waals surface area contributed by atoms with Gasteiger partial charge >= 0.3 is 12.0 Å². The third kappa shape index (κ3) is 3.12. The fourth-order valence-electron chi connectivity index (χ4n) is 1.56. The second-order valence-electron chi connectivity index (χ2n) is 4.91. The summed E-state index contributed by atoms with van der Waals surface area (Å²) >= 11 is 0. The minimum atomic E-state index is -1.27. The van der Waals surface area contributed by atoms with Crippen molar-refractivity contribution in [3.8, 4) is 0 Å². The second-order valence-corrected chi connectivity index (χ2v) is 4.91. The van der Waals surface area contributed by atoms with Crippen LogP contribution in [0.4, 0.5) is 4.79 Å². The molecule has 0 aromatic carbocycles. The van der Waals surface area contributed by atoms with Gasteiger partial charge in [0.15, 0.2) is 0 Å². The highest BCUT2D eigenvalue weighted by Crippen LogP contribution is 2.12. The van der Waals surface area contributed by atoms with Gasteiger partial charge in [0.05, 0.1) is 0 Å². The van der Waals surface area contributed by atoms with E-state index in [9.17, 15) is 14.4 Å². The van der Waals surface area contributed by atoms with Crippen molar-refractivity contribution in [1.29, 1.82) is 0 Å². The molecule has 1 rings (SSSR count). The number of urea groups is 1. The molecule has 1 heterocycles. The van der Waals surface area contributed by atoms with Gasteiger partial charge in [0, 0.05) is 26.1 Å². The summed E-state index contributed by atoms with van der Waals surface area (Å²) < 4.78 is 0. The molecule has 0 saturated carbocycles. The molecule has 0 aromatic rings. The Labute approximate surface area is 106 Å². The predicted molar refractivity (Wildman–Crippen MR) is 64.0 cm³/mol. The van der Waals surface area contributed by atoms with Gasteiger partial charge in [0.25, 0.3) is 0 Å². The van der Waals surface area contributed by atoms with Crippen LogP contribution in [-0.4, -0.2) is 53.1 Å². The van der Waals surface area contributed by atoms with Crippen molar-refractivity contribution in [2.75, 3.05) is 13.6 Å². The summed E-state index contributed by atoms with van der Waals surface area (Å²) in [6, 6.07) is -0.536. The van der Waals surface area contributed by atoms with Crippen LogP contribution in [0, 0.1) is 0 Å². The molecule has 1 aliphatic heterocycles. The topological polar surface area (TPSA) is 98.7 Å². The molecule has 1 aliphatic rings. The van der Waals surface area contributed by atoms with E-state index in [0.29, 0.717) is 19.4 Å². The Morgan fingerprint density at radius 2 is 2.17 bits per heavy atom. The van der Waals surface area contributed by atoms with E-state index in [0.717, 1.165) is 4.90 Å². The van der Waals surface area contributed by atoms with Gasteiger partial charge in [-0.25, -0.2) is 9.59 Å². The van der Waals surface area contributed by atoms with Crippen LogP contribution in [0.15, 0.2) is 0 Å². The number of likely N-dealkylation sites (N-methyl/N-ethyl adjacent to an activating group) is 1. The summed E-state index contributed by atoms with van der Waals surface area (Å²) in [7, 11) is 1.43. The summed E-state index contributed by atoms with van der Waals surface area (Å²) in [5, 5.41) is 14.3. The first kappa shape index (κ1) is 14.3. The molecule has 0 aromatic heterocycles. The van der Waals surface area contributed by atoms with Gasteiger partial charge in [-0.3, -0.25) is 4.79 Å². The molecule has 1 atom stereocenters. The fourth-order valence-corrected chi connectivity index (χ4v) is 1.56. The van der Waals surface area contributed by atoms with Crippen LogP contribution < -0.4 is 10.6 Å². The molecule has 1 unspecified atom stereocenters. The Balaban J connectivity index is 2.45. The number of carboxylic acids is 1. The predicted octanol–water partition coefficient (Wildman–Crippen LogP) is -0.230. The molecule has 0 aliphatic carbocycles. The van der Waals surface area contributed by atoms with Crippen LogP contribution in [-0.2, 0) is 9.59 Å². The lowest BCUT2D eigenvalue weighted by Crippen LogP contribution is -2.55. The number of carbonyl (C=O) groups excluding carboxylic acids is 2. The lowest BCUT2D eigenvalue weighted by Gasteiger charge is -2.31. The zero-order chi connectivity index (χ0) is 13.9. The van der Waals surface area contributed by atoms with Crippen molar-refractivity contribution in [3.05, 3.63) is 0 Å². The first-order chi connectivity index (χ1) is 8.25. The number of nitrogens with one attached hydrogen (secondary N) is 2. The van der Waals surface area contributed by atoms with Crippen LogP contribution >= 0.6 is 0 Å². The van der Waals surface area contributed by atoms with E-state index in [2.05, 4.69) is 10.6 Å². The van der Waals surface area contributed by atoms with Crippen molar-refractivity contribution in [1.82, 2.24) is 15.5 Å². The number of hydrogen-bond donors (Lipinski definition) is 3. The normalized spacial score (nSPS) is 19.3. The van der Waals surface area contributed by atoms with E-state index >= 15 is 0 Å². The van der Waals surface area contributed by atoms with Crippen molar-refractivity contribution < 1.29 is 19.5 Å². The minimum absolute atomic E-state index is 0.0199. The average Bonchev–Trinajstić information content (AvgIpc) is 2.70. The van der Waals surface area contributed by atoms with Crippen LogP contribution in [0.1, 0.15) is 26.7 Å². The Morgan fingerprint density at radius 3 is 2.61 bits per heavy atom. The highest BCUT2D eigenvalue weighted by Gasteiger charge is 2.35. The standard InChI is InChI=1S/C11H19N3O4/c1-11(2,9(16)17)14(3)10(18)12-6-7-4-5-8(15)13-7/h7H,4-6H2,1-3H3,(H,12,18)(H,13,15)(H,16,17). The van der Waals surface area contributed by atoms with E-state index in [1.54, 1.807) is 0 Å². The molecule has 3 N–H and O–H groups in total. The fraction of sp³-hybridized carbons (Fsp3) is 0.727. The van der Waals surface area contributed by atoms with Crippen molar-refractivity contribution in [2.45, 2.75) is 38.3 Å². The average molecular weight is 257 g/mol. The minimum Gasteiger partial charge on any atom is -0.480 e. The Morgan fingerprint density at radius 1 is 1.56 bits per heavy atom. The van der Waals surface area contributed by atoms with Gasteiger partial charge in [-0.05, 0) is 20.3 Å². The van der Waals surface area contributed by atoms with Crippen molar-refractivity contribution in [2.24, 2.45) is 0 Å². The first-order valence-corrected chi connectivity index (χ1v) is 5.79. The van der Waals surface area contributed by atoms with E-state index in [4.69, 9.17) is 5.11 Å². The van der Waals surface area contributed by atoms with Gasteiger partial charge in [0.2, 0.25) is 5.91 Å². The molecule has 0 spiro atoms. The van der Waals surface area contributed by atoms with E-state index < -0.39 is 17.5 Å². The Kier molecular flexibility index (Phi) is 4.15. The molecule has 18 heavy (non-hydrogen) atoms. The molecule has 102 valence electrons.